The Hall–Kier alpha value is -1.94. The van der Waals surface area contributed by atoms with Crippen LogP contribution in [-0.4, -0.2) is 96.7 Å². The number of ether oxygens (including phenoxy) is 4. The maximum Gasteiger partial charge on any atom is 0.472 e. The van der Waals surface area contributed by atoms with Gasteiger partial charge in [-0.05, 0) is 43.4 Å². The molecule has 480 valence electrons. The molecule has 0 saturated heterocycles. The first-order valence-corrected chi connectivity index (χ1v) is 35.4. The molecule has 0 aromatic rings. The predicted octanol–water partition coefficient (Wildman–Crippen LogP) is 16.7. The van der Waals surface area contributed by atoms with Crippen LogP contribution in [0, 0.1) is 17.8 Å². The number of carbonyl (C=O) groups excluding carboxylic acids is 4. The van der Waals surface area contributed by atoms with E-state index >= 15 is 0 Å². The number of esters is 4. The van der Waals surface area contributed by atoms with E-state index in [-0.39, 0.29) is 25.7 Å². The molecule has 7 atom stereocenters. The van der Waals surface area contributed by atoms with Crippen LogP contribution in [0.4, 0.5) is 0 Å². The van der Waals surface area contributed by atoms with Gasteiger partial charge in [-0.1, -0.05) is 248 Å². The summed E-state index contributed by atoms with van der Waals surface area (Å²) in [5, 5.41) is 10.5. The molecule has 3 N–H and O–H groups in total. The van der Waals surface area contributed by atoms with Crippen molar-refractivity contribution in [3.63, 3.8) is 0 Å². The summed E-state index contributed by atoms with van der Waals surface area (Å²) in [7, 11) is -9.88. The van der Waals surface area contributed by atoms with E-state index in [4.69, 9.17) is 37.0 Å². The molecule has 19 heteroatoms. The van der Waals surface area contributed by atoms with Crippen molar-refractivity contribution in [3.05, 3.63) is 0 Å². The summed E-state index contributed by atoms with van der Waals surface area (Å²) >= 11 is 0. The molecule has 0 aromatic carbocycles. The van der Waals surface area contributed by atoms with Crippen molar-refractivity contribution in [3.8, 4) is 0 Å². The Morgan fingerprint density at radius 3 is 0.938 bits per heavy atom. The molecule has 17 nitrogen and oxygen atoms in total. The van der Waals surface area contributed by atoms with Crippen LogP contribution in [0.2, 0.25) is 0 Å². The van der Waals surface area contributed by atoms with Crippen molar-refractivity contribution in [2.24, 2.45) is 17.8 Å². The summed E-state index contributed by atoms with van der Waals surface area (Å²) < 4.78 is 67.8. The molecule has 0 amide bonds. The summed E-state index contributed by atoms with van der Waals surface area (Å²) in [6.07, 6.45) is 33.6. The smallest absolute Gasteiger partial charge is 0.462 e. The second kappa shape index (κ2) is 53.5. The monoisotopic (exact) mass is 1200 g/mol. The van der Waals surface area contributed by atoms with Gasteiger partial charge in [0.1, 0.15) is 19.3 Å². The lowest BCUT2D eigenvalue weighted by Gasteiger charge is -2.21. The lowest BCUT2D eigenvalue weighted by atomic mass is 9.99. The van der Waals surface area contributed by atoms with Crippen molar-refractivity contribution in [1.29, 1.82) is 0 Å². The lowest BCUT2D eigenvalue weighted by Crippen LogP contribution is -2.30. The van der Waals surface area contributed by atoms with Crippen molar-refractivity contribution in [2.45, 2.75) is 317 Å². The molecule has 0 spiro atoms. The highest BCUT2D eigenvalue weighted by atomic mass is 31.2. The first-order chi connectivity index (χ1) is 38.8. The Balaban J connectivity index is 5.23. The Kier molecular flexibility index (Phi) is 52.2. The molecule has 0 radical (unpaired) electrons. The van der Waals surface area contributed by atoms with E-state index in [0.717, 1.165) is 121 Å². The van der Waals surface area contributed by atoms with E-state index in [1.165, 1.54) is 89.9 Å². The van der Waals surface area contributed by atoms with Gasteiger partial charge in [0.2, 0.25) is 0 Å². The minimum absolute atomic E-state index is 0.102. The second-order valence-corrected chi connectivity index (χ2v) is 26.3. The van der Waals surface area contributed by atoms with E-state index in [9.17, 15) is 43.2 Å². The van der Waals surface area contributed by atoms with E-state index in [1.807, 2.05) is 0 Å². The van der Waals surface area contributed by atoms with E-state index in [2.05, 4.69) is 48.5 Å². The van der Waals surface area contributed by atoms with Crippen LogP contribution in [-0.2, 0) is 65.4 Å². The number of aliphatic hydroxyl groups is 1. The number of hydrogen-bond acceptors (Lipinski definition) is 15. The zero-order valence-electron chi connectivity index (χ0n) is 52.2. The number of rotatable bonds is 60. The van der Waals surface area contributed by atoms with Crippen LogP contribution in [0.25, 0.3) is 0 Å². The van der Waals surface area contributed by atoms with Gasteiger partial charge in [-0.2, -0.15) is 0 Å². The Labute approximate surface area is 492 Å². The van der Waals surface area contributed by atoms with Gasteiger partial charge in [0.25, 0.3) is 0 Å². The van der Waals surface area contributed by atoms with E-state index in [0.29, 0.717) is 31.6 Å². The highest BCUT2D eigenvalue weighted by Crippen LogP contribution is 2.45. The number of carbonyl (C=O) groups is 4. The molecular weight excluding hydrogens is 1080 g/mol. The van der Waals surface area contributed by atoms with Crippen molar-refractivity contribution >= 4 is 39.5 Å². The molecule has 0 saturated carbocycles. The molecular formula is C62H120O17P2. The third-order valence-electron chi connectivity index (χ3n) is 14.9. The minimum Gasteiger partial charge on any atom is -0.462 e. The standard InChI is InChI=1S/C62H120O17P2/c1-8-11-12-13-19-29-36-43-59(64)72-49-58(79-62(67)46-39-32-25-24-28-35-42-55(7)10-3)52-77-81(70,71)75-48-56(63)47-74-80(68,69)76-51-57(50-73-60(65)44-37-30-23-18-20-26-33-40-53(4)5)78-61(66)45-38-31-22-17-15-14-16-21-27-34-41-54(6)9-2/h53-58,63H,8-52H2,1-7H3,(H,68,69)(H,70,71)/t54?,55?,56-,57-,58-/m1/s1. The first kappa shape index (κ1) is 79.1. The maximum absolute atomic E-state index is 13.0. The van der Waals surface area contributed by atoms with Crippen LogP contribution >= 0.6 is 15.6 Å². The first-order valence-electron chi connectivity index (χ1n) is 32.4. The quantitative estimate of drug-likeness (QED) is 0.0222. The predicted molar refractivity (Wildman–Crippen MR) is 321 cm³/mol. The molecule has 0 aromatic heterocycles. The lowest BCUT2D eigenvalue weighted by molar-refractivity contribution is -0.161. The van der Waals surface area contributed by atoms with E-state index < -0.39 is 97.5 Å². The third kappa shape index (κ3) is 54.5. The normalized spacial score (nSPS) is 15.1. The van der Waals surface area contributed by atoms with Gasteiger partial charge in [-0.15, -0.1) is 0 Å². The Bertz CT molecular complexity index is 1620. The average molecular weight is 1200 g/mol. The summed E-state index contributed by atoms with van der Waals surface area (Å²) in [4.78, 5) is 72.0. The summed E-state index contributed by atoms with van der Waals surface area (Å²) in [6.45, 7) is 11.7. The van der Waals surface area contributed by atoms with E-state index in [1.54, 1.807) is 0 Å². The molecule has 0 bridgehead atoms. The van der Waals surface area contributed by atoms with Gasteiger partial charge < -0.3 is 33.8 Å². The van der Waals surface area contributed by atoms with Crippen LogP contribution < -0.4 is 0 Å². The van der Waals surface area contributed by atoms with Gasteiger partial charge in [0.05, 0.1) is 26.4 Å². The zero-order valence-corrected chi connectivity index (χ0v) is 54.0. The van der Waals surface area contributed by atoms with Gasteiger partial charge in [0, 0.05) is 25.7 Å². The fraction of sp³-hybridized carbons (Fsp3) is 0.935. The Morgan fingerprint density at radius 1 is 0.358 bits per heavy atom. The van der Waals surface area contributed by atoms with Crippen LogP contribution in [0.3, 0.4) is 0 Å². The van der Waals surface area contributed by atoms with Crippen molar-refractivity contribution in [1.82, 2.24) is 0 Å². The zero-order chi connectivity index (χ0) is 60.3. The number of phosphoric acid groups is 2. The molecule has 0 aliphatic carbocycles. The van der Waals surface area contributed by atoms with Crippen LogP contribution in [0.1, 0.15) is 299 Å². The topological polar surface area (TPSA) is 237 Å². The molecule has 0 fully saturated rings. The maximum atomic E-state index is 13.0. The second-order valence-electron chi connectivity index (χ2n) is 23.4. The number of phosphoric ester groups is 2. The van der Waals surface area contributed by atoms with Crippen molar-refractivity contribution < 1.29 is 80.2 Å². The SMILES string of the molecule is CCCCCCCCCC(=O)OC[C@H](COP(=O)(O)OC[C@H](O)COP(=O)(O)OC[C@@H](COC(=O)CCCCCCCCCC(C)C)OC(=O)CCCCCCCCCCCCC(C)CC)OC(=O)CCCCCCCCC(C)CC. The fourth-order valence-electron chi connectivity index (χ4n) is 9.06. The molecule has 4 unspecified atom stereocenters. The van der Waals surface area contributed by atoms with Crippen LogP contribution in [0.5, 0.6) is 0 Å². The summed E-state index contributed by atoms with van der Waals surface area (Å²) in [5.74, 6) is 0.0827. The Morgan fingerprint density at radius 2 is 0.630 bits per heavy atom. The molecule has 0 aliphatic heterocycles. The molecule has 81 heavy (non-hydrogen) atoms. The largest absolute Gasteiger partial charge is 0.472 e. The number of aliphatic hydroxyl groups excluding tert-OH is 1. The van der Waals surface area contributed by atoms with Crippen molar-refractivity contribution in [2.75, 3.05) is 39.6 Å². The van der Waals surface area contributed by atoms with Gasteiger partial charge in [0.15, 0.2) is 12.2 Å². The molecule has 0 heterocycles. The average Bonchev–Trinajstić information content (AvgIpc) is 3.43. The summed E-state index contributed by atoms with van der Waals surface area (Å²) in [6, 6.07) is 0. The van der Waals surface area contributed by atoms with Crippen LogP contribution in [0.15, 0.2) is 0 Å². The highest BCUT2D eigenvalue weighted by Gasteiger charge is 2.30. The minimum atomic E-state index is -4.94. The molecule has 0 aliphatic rings. The van der Waals surface area contributed by atoms with Gasteiger partial charge in [-0.25, -0.2) is 9.13 Å². The highest BCUT2D eigenvalue weighted by molar-refractivity contribution is 7.47. The van der Waals surface area contributed by atoms with Gasteiger partial charge in [-0.3, -0.25) is 37.3 Å². The number of unbranched alkanes of at least 4 members (excludes halogenated alkanes) is 26. The summed E-state index contributed by atoms with van der Waals surface area (Å²) in [5.41, 5.74) is 0. The number of hydrogen-bond donors (Lipinski definition) is 3. The molecule has 0 rings (SSSR count). The third-order valence-corrected chi connectivity index (χ3v) is 16.8. The fourth-order valence-corrected chi connectivity index (χ4v) is 10.6. The van der Waals surface area contributed by atoms with Gasteiger partial charge >= 0.3 is 39.5 Å².